The van der Waals surface area contributed by atoms with E-state index in [2.05, 4.69) is 12.2 Å². The monoisotopic (exact) mass is 358 g/mol. The Hall–Kier alpha value is -2.04. The molecule has 0 bridgehead atoms. The van der Waals surface area contributed by atoms with Gasteiger partial charge < -0.3 is 15.0 Å². The number of carbonyl (C=O) groups excluding carboxylic acids is 2. The maximum atomic E-state index is 12.6. The topological polar surface area (TPSA) is 58.6 Å². The third-order valence-corrected chi connectivity index (χ3v) is 5.46. The van der Waals surface area contributed by atoms with Crippen LogP contribution < -0.4 is 15.0 Å². The second-order valence-corrected chi connectivity index (χ2v) is 7.94. The molecule has 1 aliphatic heterocycles. The lowest BCUT2D eigenvalue weighted by Gasteiger charge is -2.30. The lowest BCUT2D eigenvalue weighted by Crippen LogP contribution is -2.44. The van der Waals surface area contributed by atoms with Crippen molar-refractivity contribution in [3.05, 3.63) is 24.3 Å². The van der Waals surface area contributed by atoms with E-state index in [0.717, 1.165) is 17.9 Å². The van der Waals surface area contributed by atoms with Crippen LogP contribution in [0, 0.1) is 11.8 Å². The van der Waals surface area contributed by atoms with E-state index >= 15 is 0 Å². The molecule has 2 fully saturated rings. The van der Waals surface area contributed by atoms with Crippen molar-refractivity contribution >= 4 is 17.5 Å². The number of benzene rings is 1. The van der Waals surface area contributed by atoms with Gasteiger partial charge in [-0.2, -0.15) is 0 Å². The molecule has 1 heterocycles. The van der Waals surface area contributed by atoms with E-state index in [-0.39, 0.29) is 36.3 Å². The Labute approximate surface area is 156 Å². The first kappa shape index (κ1) is 18.7. The van der Waals surface area contributed by atoms with E-state index in [4.69, 9.17) is 4.74 Å². The summed E-state index contributed by atoms with van der Waals surface area (Å²) in [4.78, 5) is 26.8. The molecule has 142 valence electrons. The van der Waals surface area contributed by atoms with Gasteiger partial charge in [-0.05, 0) is 56.9 Å². The van der Waals surface area contributed by atoms with E-state index in [0.29, 0.717) is 12.5 Å². The van der Waals surface area contributed by atoms with Crippen LogP contribution >= 0.6 is 0 Å². The van der Waals surface area contributed by atoms with E-state index in [1.165, 1.54) is 19.3 Å². The van der Waals surface area contributed by atoms with Crippen molar-refractivity contribution < 1.29 is 14.3 Å². The minimum atomic E-state index is -0.261. The first-order valence-corrected chi connectivity index (χ1v) is 9.81. The van der Waals surface area contributed by atoms with Crippen LogP contribution in [0.5, 0.6) is 5.75 Å². The lowest BCUT2D eigenvalue weighted by molar-refractivity contribution is -0.127. The molecule has 2 amide bonds. The maximum absolute atomic E-state index is 12.6. The standard InChI is InChI=1S/C21H30N2O3/c1-14(2)26-18-10-8-17(9-11-18)23-13-16(12-20(23)24)21(25)22-19-7-5-4-6-15(19)3/h8-11,14-16,19H,4-7,12-13H2,1-3H3,(H,22,25)/t15-,16-,19-/m1/s1. The number of nitrogens with one attached hydrogen (secondary N) is 1. The highest BCUT2D eigenvalue weighted by atomic mass is 16.5. The number of carbonyl (C=O) groups is 2. The van der Waals surface area contributed by atoms with Crippen LogP contribution in [0.2, 0.25) is 0 Å². The highest BCUT2D eigenvalue weighted by Gasteiger charge is 2.36. The summed E-state index contributed by atoms with van der Waals surface area (Å²) in [6.07, 6.45) is 5.05. The van der Waals surface area contributed by atoms with Crippen molar-refractivity contribution in [1.82, 2.24) is 5.32 Å². The van der Waals surface area contributed by atoms with Gasteiger partial charge in [-0.3, -0.25) is 9.59 Å². The van der Waals surface area contributed by atoms with Crippen LogP contribution in [0.4, 0.5) is 5.69 Å². The predicted octanol–water partition coefficient (Wildman–Crippen LogP) is 3.52. The summed E-state index contributed by atoms with van der Waals surface area (Å²) in [5.41, 5.74) is 0.826. The van der Waals surface area contributed by atoms with Gasteiger partial charge in [0, 0.05) is 24.7 Å². The Kier molecular flexibility index (Phi) is 5.84. The first-order chi connectivity index (χ1) is 12.4. The molecule has 3 rings (SSSR count). The molecular weight excluding hydrogens is 328 g/mol. The summed E-state index contributed by atoms with van der Waals surface area (Å²) in [7, 11) is 0. The largest absolute Gasteiger partial charge is 0.491 e. The Bertz CT molecular complexity index is 641. The molecule has 26 heavy (non-hydrogen) atoms. The second-order valence-electron chi connectivity index (χ2n) is 7.94. The van der Waals surface area contributed by atoms with Crippen LogP contribution in [-0.4, -0.2) is 30.5 Å². The third-order valence-electron chi connectivity index (χ3n) is 5.46. The number of rotatable bonds is 5. The highest BCUT2D eigenvalue weighted by molar-refractivity contribution is 6.00. The van der Waals surface area contributed by atoms with Crippen LogP contribution in [0.1, 0.15) is 52.9 Å². The van der Waals surface area contributed by atoms with Gasteiger partial charge in [-0.1, -0.05) is 19.8 Å². The third kappa shape index (κ3) is 4.37. The van der Waals surface area contributed by atoms with E-state index < -0.39 is 0 Å². The summed E-state index contributed by atoms with van der Waals surface area (Å²) in [6, 6.07) is 7.78. The van der Waals surface area contributed by atoms with Gasteiger partial charge in [0.2, 0.25) is 11.8 Å². The van der Waals surface area contributed by atoms with Crippen LogP contribution in [0.25, 0.3) is 0 Å². The number of nitrogens with zero attached hydrogens (tertiary/aromatic N) is 1. The summed E-state index contributed by atoms with van der Waals surface area (Å²) in [6.45, 7) is 6.62. The smallest absolute Gasteiger partial charge is 0.227 e. The average Bonchev–Trinajstić information content (AvgIpc) is 2.99. The molecule has 2 aliphatic rings. The first-order valence-electron chi connectivity index (χ1n) is 9.81. The molecule has 0 radical (unpaired) electrons. The SMILES string of the molecule is CC(C)Oc1ccc(N2C[C@H](C(=O)N[C@@H]3CCCC[C@H]3C)CC2=O)cc1. The number of amides is 2. The lowest BCUT2D eigenvalue weighted by atomic mass is 9.85. The average molecular weight is 358 g/mol. The molecule has 0 spiro atoms. The minimum Gasteiger partial charge on any atom is -0.491 e. The van der Waals surface area contributed by atoms with Crippen LogP contribution in [0.15, 0.2) is 24.3 Å². The van der Waals surface area contributed by atoms with E-state index in [9.17, 15) is 9.59 Å². The Morgan fingerprint density at radius 1 is 1.19 bits per heavy atom. The molecule has 0 aromatic heterocycles. The zero-order valence-corrected chi connectivity index (χ0v) is 16.0. The summed E-state index contributed by atoms with van der Waals surface area (Å²) in [5.74, 6) is 1.09. The molecule has 1 saturated heterocycles. The Morgan fingerprint density at radius 3 is 2.54 bits per heavy atom. The molecule has 3 atom stereocenters. The number of hydrogen-bond donors (Lipinski definition) is 1. The summed E-state index contributed by atoms with van der Waals surface area (Å²) in [5, 5.41) is 3.20. The fourth-order valence-electron chi connectivity index (χ4n) is 3.94. The fraction of sp³-hybridized carbons (Fsp3) is 0.619. The highest BCUT2D eigenvalue weighted by Crippen LogP contribution is 2.29. The molecule has 1 aliphatic carbocycles. The van der Waals surface area contributed by atoms with Gasteiger partial charge in [0.25, 0.3) is 0 Å². The van der Waals surface area contributed by atoms with Gasteiger partial charge in [0.1, 0.15) is 5.75 Å². The molecule has 1 N–H and O–H groups in total. The van der Waals surface area contributed by atoms with Crippen LogP contribution in [-0.2, 0) is 9.59 Å². The molecule has 5 nitrogen and oxygen atoms in total. The molecule has 5 heteroatoms. The number of hydrogen-bond acceptors (Lipinski definition) is 3. The molecule has 1 saturated carbocycles. The van der Waals surface area contributed by atoms with Gasteiger partial charge >= 0.3 is 0 Å². The minimum absolute atomic E-state index is 0.0133. The van der Waals surface area contributed by atoms with Crippen molar-refractivity contribution in [2.75, 3.05) is 11.4 Å². The maximum Gasteiger partial charge on any atom is 0.227 e. The van der Waals surface area contributed by atoms with Gasteiger partial charge in [0.15, 0.2) is 0 Å². The summed E-state index contributed by atoms with van der Waals surface area (Å²) < 4.78 is 5.65. The van der Waals surface area contributed by atoms with Crippen molar-refractivity contribution in [3.8, 4) is 5.75 Å². The number of anilines is 1. The van der Waals surface area contributed by atoms with Gasteiger partial charge in [-0.15, -0.1) is 0 Å². The predicted molar refractivity (Wildman–Crippen MR) is 102 cm³/mol. The number of ether oxygens (including phenoxy) is 1. The van der Waals surface area contributed by atoms with E-state index in [1.54, 1.807) is 4.90 Å². The second kappa shape index (κ2) is 8.11. The van der Waals surface area contributed by atoms with Crippen LogP contribution in [0.3, 0.4) is 0 Å². The zero-order chi connectivity index (χ0) is 18.7. The molecule has 0 unspecified atom stereocenters. The molecular formula is C21H30N2O3. The molecule has 1 aromatic carbocycles. The van der Waals surface area contributed by atoms with Crippen molar-refractivity contribution in [2.24, 2.45) is 11.8 Å². The van der Waals surface area contributed by atoms with Crippen molar-refractivity contribution in [2.45, 2.75) is 65.0 Å². The van der Waals surface area contributed by atoms with E-state index in [1.807, 2.05) is 38.1 Å². The van der Waals surface area contributed by atoms with Gasteiger partial charge in [0.05, 0.1) is 12.0 Å². The summed E-state index contributed by atoms with van der Waals surface area (Å²) >= 11 is 0. The fourth-order valence-corrected chi connectivity index (χ4v) is 3.94. The Morgan fingerprint density at radius 2 is 1.88 bits per heavy atom. The quantitative estimate of drug-likeness (QED) is 0.876. The van der Waals surface area contributed by atoms with Gasteiger partial charge in [-0.25, -0.2) is 0 Å². The normalized spacial score (nSPS) is 26.2. The van der Waals surface area contributed by atoms with Crippen molar-refractivity contribution in [3.63, 3.8) is 0 Å². The molecule has 1 aromatic rings. The zero-order valence-electron chi connectivity index (χ0n) is 16.0. The van der Waals surface area contributed by atoms with Crippen molar-refractivity contribution in [1.29, 1.82) is 0 Å². The Balaban J connectivity index is 1.60.